The molecule has 7 rings (SSSR count). The summed E-state index contributed by atoms with van der Waals surface area (Å²) in [5.41, 5.74) is 7.26. The second-order valence-electron chi connectivity index (χ2n) is 13.3. The first-order valence-electron chi connectivity index (χ1n) is 17.0. The third-order valence-corrected chi connectivity index (χ3v) is 11.3. The SMILES string of the molecule is NC(=O)[C@@H]1C[C@@H](Oc2nc(-c3ccoc3)nc3c2oc2ccc(F)cc23)CN1C(=O)CCCCCC/C=C\[C@@H]1C[C@@H]1C(=O)NS(=O)(=O)C1CC1. The van der Waals surface area contributed by atoms with E-state index in [9.17, 15) is 27.2 Å². The summed E-state index contributed by atoms with van der Waals surface area (Å²) >= 11 is 0. The number of allylic oxidation sites excluding steroid dienone is 2. The summed E-state index contributed by atoms with van der Waals surface area (Å²) in [5.74, 6) is -1.48. The van der Waals surface area contributed by atoms with Gasteiger partial charge in [0.2, 0.25) is 33.3 Å². The molecule has 1 aromatic carbocycles. The lowest BCUT2D eigenvalue weighted by molar-refractivity contribution is -0.137. The van der Waals surface area contributed by atoms with Crippen molar-refractivity contribution in [2.75, 3.05) is 6.54 Å². The van der Waals surface area contributed by atoms with Crippen LogP contribution in [-0.4, -0.2) is 64.9 Å². The van der Waals surface area contributed by atoms with Crippen LogP contribution in [0, 0.1) is 17.7 Å². The van der Waals surface area contributed by atoms with E-state index in [2.05, 4.69) is 14.7 Å². The van der Waals surface area contributed by atoms with E-state index in [1.807, 2.05) is 12.2 Å². The normalized spacial score (nSPS) is 22.1. The number of furan rings is 2. The second kappa shape index (κ2) is 13.8. The molecule has 2 saturated carbocycles. The number of carbonyl (C=O) groups is 3. The van der Waals surface area contributed by atoms with E-state index < -0.39 is 45.1 Å². The highest BCUT2D eigenvalue weighted by Crippen LogP contribution is 2.41. The zero-order chi connectivity index (χ0) is 35.0. The summed E-state index contributed by atoms with van der Waals surface area (Å²) in [5, 5.41) is 0.0365. The fraction of sp³-hybridized carbons (Fsp3) is 0.457. The Morgan fingerprint density at radius 3 is 2.68 bits per heavy atom. The van der Waals surface area contributed by atoms with Crippen LogP contribution in [0.1, 0.15) is 64.2 Å². The van der Waals surface area contributed by atoms with E-state index in [1.165, 1.54) is 35.6 Å². The number of aromatic nitrogens is 2. The van der Waals surface area contributed by atoms with Crippen LogP contribution >= 0.6 is 0 Å². The van der Waals surface area contributed by atoms with Crippen LogP contribution in [0.25, 0.3) is 33.5 Å². The van der Waals surface area contributed by atoms with Crippen LogP contribution in [0.3, 0.4) is 0 Å². The Morgan fingerprint density at radius 2 is 1.92 bits per heavy atom. The summed E-state index contributed by atoms with van der Waals surface area (Å²) in [4.78, 5) is 48.5. The lowest BCUT2D eigenvalue weighted by Gasteiger charge is -2.21. The van der Waals surface area contributed by atoms with Gasteiger partial charge in [-0.3, -0.25) is 19.1 Å². The number of fused-ring (bicyclic) bond motifs is 3. The number of likely N-dealkylation sites (tertiary alicyclic amines) is 1. The number of halogens is 1. The van der Waals surface area contributed by atoms with Gasteiger partial charge in [-0.05, 0) is 68.7 Å². The van der Waals surface area contributed by atoms with Gasteiger partial charge in [-0.25, -0.2) is 17.8 Å². The van der Waals surface area contributed by atoms with Crippen LogP contribution in [-0.2, 0) is 24.4 Å². The minimum Gasteiger partial charge on any atom is -0.472 e. The number of rotatable bonds is 15. The van der Waals surface area contributed by atoms with E-state index in [0.29, 0.717) is 47.7 Å². The molecule has 1 aliphatic heterocycles. The molecule has 4 aromatic rings. The molecule has 3 aliphatic rings. The first-order chi connectivity index (χ1) is 24.1. The predicted molar refractivity (Wildman–Crippen MR) is 179 cm³/mol. The molecule has 50 heavy (non-hydrogen) atoms. The molecule has 264 valence electrons. The number of nitrogens with one attached hydrogen (secondary N) is 1. The van der Waals surface area contributed by atoms with Crippen molar-refractivity contribution < 1.29 is 40.8 Å². The van der Waals surface area contributed by atoms with Gasteiger partial charge < -0.3 is 24.2 Å². The number of hydrogen-bond donors (Lipinski definition) is 2. The minimum atomic E-state index is -3.51. The summed E-state index contributed by atoms with van der Waals surface area (Å²) in [6.45, 7) is 0.130. The van der Waals surface area contributed by atoms with Crippen LogP contribution in [0.5, 0.6) is 5.88 Å². The maximum Gasteiger partial charge on any atom is 0.262 e. The number of amides is 3. The molecule has 1 saturated heterocycles. The predicted octanol–water partition coefficient (Wildman–Crippen LogP) is 4.75. The largest absolute Gasteiger partial charge is 0.472 e. The number of carbonyl (C=O) groups excluding carboxylic acids is 3. The summed E-state index contributed by atoms with van der Waals surface area (Å²) < 4.78 is 57.7. The highest BCUT2D eigenvalue weighted by atomic mass is 32.2. The van der Waals surface area contributed by atoms with E-state index in [4.69, 9.17) is 19.3 Å². The monoisotopic (exact) mass is 707 g/mol. The smallest absolute Gasteiger partial charge is 0.262 e. The lowest BCUT2D eigenvalue weighted by Crippen LogP contribution is -2.43. The molecule has 0 bridgehead atoms. The highest BCUT2D eigenvalue weighted by molar-refractivity contribution is 7.90. The number of benzene rings is 1. The highest BCUT2D eigenvalue weighted by Gasteiger charge is 2.45. The number of primary amides is 1. The summed E-state index contributed by atoms with van der Waals surface area (Å²) in [6.07, 6.45) is 12.8. The van der Waals surface area contributed by atoms with Crippen molar-refractivity contribution in [2.24, 2.45) is 17.6 Å². The van der Waals surface area contributed by atoms with Gasteiger partial charge in [0.1, 0.15) is 35.3 Å². The van der Waals surface area contributed by atoms with Crippen molar-refractivity contribution >= 4 is 49.8 Å². The van der Waals surface area contributed by atoms with Gasteiger partial charge in [0, 0.05) is 24.1 Å². The zero-order valence-electron chi connectivity index (χ0n) is 27.3. The molecule has 3 N–H and O–H groups in total. The van der Waals surface area contributed by atoms with Crippen LogP contribution in [0.2, 0.25) is 0 Å². The first-order valence-corrected chi connectivity index (χ1v) is 18.5. The van der Waals surface area contributed by atoms with Crippen LogP contribution < -0.4 is 15.2 Å². The molecule has 3 amide bonds. The number of nitrogens with two attached hydrogens (primary N) is 1. The van der Waals surface area contributed by atoms with Crippen LogP contribution in [0.15, 0.2) is 57.8 Å². The van der Waals surface area contributed by atoms with Crippen molar-refractivity contribution in [1.29, 1.82) is 0 Å². The number of unbranched alkanes of at least 4 members (excludes halogenated alkanes) is 4. The van der Waals surface area contributed by atoms with Gasteiger partial charge in [0.25, 0.3) is 5.88 Å². The molecule has 3 aromatic heterocycles. The van der Waals surface area contributed by atoms with E-state index >= 15 is 0 Å². The van der Waals surface area contributed by atoms with Crippen molar-refractivity contribution in [3.8, 4) is 17.3 Å². The molecule has 0 unspecified atom stereocenters. The quantitative estimate of drug-likeness (QED) is 0.129. The third kappa shape index (κ3) is 7.37. The van der Waals surface area contributed by atoms with Crippen molar-refractivity contribution in [1.82, 2.24) is 19.6 Å². The summed E-state index contributed by atoms with van der Waals surface area (Å²) in [6, 6.07) is 4.96. The maximum atomic E-state index is 14.1. The molecule has 0 radical (unpaired) electrons. The Balaban J connectivity index is 0.899. The molecular formula is C35H38FN5O8S. The number of hydrogen-bond acceptors (Lipinski definition) is 10. The van der Waals surface area contributed by atoms with Crippen molar-refractivity contribution in [2.45, 2.75) is 81.6 Å². The second-order valence-corrected chi connectivity index (χ2v) is 15.3. The molecule has 3 fully saturated rings. The van der Waals surface area contributed by atoms with Gasteiger partial charge in [-0.2, -0.15) is 4.98 Å². The number of sulfonamides is 1. The van der Waals surface area contributed by atoms with E-state index in [-0.39, 0.29) is 54.4 Å². The van der Waals surface area contributed by atoms with Crippen LogP contribution in [0.4, 0.5) is 4.39 Å². The van der Waals surface area contributed by atoms with E-state index in [1.54, 1.807) is 6.07 Å². The van der Waals surface area contributed by atoms with E-state index in [0.717, 1.165) is 25.7 Å². The molecule has 13 nitrogen and oxygen atoms in total. The van der Waals surface area contributed by atoms with Crippen molar-refractivity contribution in [3.63, 3.8) is 0 Å². The molecule has 4 heterocycles. The third-order valence-electron chi connectivity index (χ3n) is 9.49. The molecule has 4 atom stereocenters. The zero-order valence-corrected chi connectivity index (χ0v) is 28.1. The average Bonchev–Trinajstić information content (AvgIpc) is 3.94. The Hall–Kier alpha value is -4.79. The standard InChI is InChI=1S/C35H38FN5O8S/c36-22-9-12-28-26(16-22)30-31(49-28)35(39-33(38-30)21-13-14-47-19-21)48-23-17-27(32(37)43)41(18-23)29(42)8-6-4-2-1-3-5-7-20-15-25(20)34(44)40-50(45,46)24-10-11-24/h5,7,9,12-14,16,19-20,23-25,27H,1-4,6,8,10-11,15,17-18H2,(H2,37,43)(H,40,44)/b7-5-/t20-,23-,25+,27+/m1/s1. The van der Waals surface area contributed by atoms with Gasteiger partial charge in [0.15, 0.2) is 5.82 Å². The first kappa shape index (κ1) is 33.7. The van der Waals surface area contributed by atoms with Gasteiger partial charge in [-0.15, -0.1) is 0 Å². The number of ether oxygens (including phenoxy) is 1. The van der Waals surface area contributed by atoms with Gasteiger partial charge >= 0.3 is 0 Å². The fourth-order valence-electron chi connectivity index (χ4n) is 6.49. The summed E-state index contributed by atoms with van der Waals surface area (Å²) in [7, 11) is -3.51. The van der Waals surface area contributed by atoms with Gasteiger partial charge in [0.05, 0.1) is 23.6 Å². The molecular weight excluding hydrogens is 669 g/mol. The Kier molecular flexibility index (Phi) is 9.33. The Morgan fingerprint density at radius 1 is 1.10 bits per heavy atom. The number of nitrogens with zero attached hydrogens (tertiary/aromatic N) is 3. The molecule has 15 heteroatoms. The van der Waals surface area contributed by atoms with Gasteiger partial charge in [-0.1, -0.05) is 25.0 Å². The topological polar surface area (TPSA) is 188 Å². The minimum absolute atomic E-state index is 0.0793. The molecule has 0 spiro atoms. The molecule has 2 aliphatic carbocycles. The Bertz CT molecular complexity index is 2060. The maximum absolute atomic E-state index is 14.1. The fourth-order valence-corrected chi connectivity index (χ4v) is 7.85. The Labute approximate surface area is 287 Å². The lowest BCUT2D eigenvalue weighted by atomic mass is 10.1. The van der Waals surface area contributed by atoms with Crippen molar-refractivity contribution in [3.05, 3.63) is 54.8 Å². The average molecular weight is 708 g/mol.